The van der Waals surface area contributed by atoms with Gasteiger partial charge in [0.2, 0.25) is 0 Å². The standard InChI is InChI=1S/5C12H24O2.7C3H8O3/c5*1-2-3-4-5-6-7-8-9-10-11-12(13)14;7*4-1-3(6)2-5/h5*2-11H2,1H3,(H,13,14);7*3-6H,1-2H2. The minimum atomic E-state index is -0.954. The second kappa shape index (κ2) is 131. The van der Waals surface area contributed by atoms with E-state index in [1.54, 1.807) is 0 Å². The smallest absolute Gasteiger partial charge is 0.303 e. The quantitative estimate of drug-likeness (QED) is 0.0255. The minimum absolute atomic E-state index is 0.343. The Balaban J connectivity index is -0.0000000993. The van der Waals surface area contributed by atoms with Crippen molar-refractivity contribution in [3.05, 3.63) is 0 Å². The zero-order valence-corrected chi connectivity index (χ0v) is 70.5. The van der Waals surface area contributed by atoms with Crippen molar-refractivity contribution in [2.75, 3.05) is 92.5 Å². The number of aliphatic hydroxyl groups excluding tert-OH is 21. The molecular formula is C81H176O31. The number of rotatable bonds is 64. The molecule has 0 fully saturated rings. The molecule has 112 heavy (non-hydrogen) atoms. The van der Waals surface area contributed by atoms with Gasteiger partial charge in [0.25, 0.3) is 0 Å². The Hall–Kier alpha value is -3.49. The first-order valence-corrected chi connectivity index (χ1v) is 41.9. The summed E-state index contributed by atoms with van der Waals surface area (Å²) in [5.41, 5.74) is 0. The number of carbonyl (C=O) groups is 5. The number of unbranched alkanes of at least 4 members (excludes halogenated alkanes) is 40. The van der Waals surface area contributed by atoms with Crippen molar-refractivity contribution in [1.29, 1.82) is 0 Å². The molecule has 26 N–H and O–H groups in total. The molecule has 686 valence electrons. The van der Waals surface area contributed by atoms with Gasteiger partial charge in [-0.15, -0.1) is 0 Å². The molecule has 0 aromatic carbocycles. The molecule has 0 bridgehead atoms. The molecule has 0 amide bonds. The van der Waals surface area contributed by atoms with E-state index in [1.165, 1.54) is 225 Å². The first kappa shape index (κ1) is 135. The van der Waals surface area contributed by atoms with Gasteiger partial charge in [-0.1, -0.05) is 291 Å². The molecule has 0 spiro atoms. The van der Waals surface area contributed by atoms with Crippen LogP contribution in [0, 0.1) is 0 Å². The van der Waals surface area contributed by atoms with Gasteiger partial charge in [0, 0.05) is 32.1 Å². The van der Waals surface area contributed by atoms with Crippen LogP contribution in [0.25, 0.3) is 0 Å². The van der Waals surface area contributed by atoms with Crippen LogP contribution in [0.2, 0.25) is 0 Å². The summed E-state index contributed by atoms with van der Waals surface area (Å²) in [7, 11) is 0. The van der Waals surface area contributed by atoms with Crippen molar-refractivity contribution in [2.24, 2.45) is 0 Å². The van der Waals surface area contributed by atoms with Crippen LogP contribution >= 0.6 is 0 Å². The molecule has 0 aromatic heterocycles. The molecule has 0 aliphatic heterocycles. The lowest BCUT2D eigenvalue weighted by atomic mass is 10.1. The van der Waals surface area contributed by atoms with E-state index >= 15 is 0 Å². The molecule has 0 aromatic rings. The summed E-state index contributed by atoms with van der Waals surface area (Å²) in [4.78, 5) is 51.0. The van der Waals surface area contributed by atoms with Gasteiger partial charge in [-0.2, -0.15) is 0 Å². The molecule has 0 unspecified atom stereocenters. The SMILES string of the molecule is CCCCCCCCCCCC(=O)O.CCCCCCCCCCCC(=O)O.CCCCCCCCCCCC(=O)O.CCCCCCCCCCCC(=O)O.CCCCCCCCCCCC(=O)O.OCC(O)CO.OCC(O)CO.OCC(O)CO.OCC(O)CO.OCC(O)CO.OCC(O)CO.OCC(O)CO. The maximum Gasteiger partial charge on any atom is 0.303 e. The Labute approximate surface area is 674 Å². The van der Waals surface area contributed by atoms with E-state index in [1.807, 2.05) is 0 Å². The molecule has 31 nitrogen and oxygen atoms in total. The van der Waals surface area contributed by atoms with Crippen molar-refractivity contribution in [3.8, 4) is 0 Å². The molecule has 0 saturated carbocycles. The average molecular weight is 1650 g/mol. The summed E-state index contributed by atoms with van der Waals surface area (Å²) >= 11 is 0. The topological polar surface area (TPSA) is 611 Å². The largest absolute Gasteiger partial charge is 0.481 e. The van der Waals surface area contributed by atoms with Crippen LogP contribution in [0.5, 0.6) is 0 Å². The summed E-state index contributed by atoms with van der Waals surface area (Å²) in [5, 5.41) is 210. The third kappa shape index (κ3) is 188. The number of hydrogen-bond acceptors (Lipinski definition) is 26. The zero-order chi connectivity index (χ0) is 88.2. The Morgan fingerprint density at radius 2 is 0.223 bits per heavy atom. The van der Waals surface area contributed by atoms with Gasteiger partial charge in [0.1, 0.15) is 42.7 Å². The monoisotopic (exact) mass is 1650 g/mol. The average Bonchev–Trinajstić information content (AvgIpc) is 3.09. The Bertz CT molecular complexity index is 1340. The van der Waals surface area contributed by atoms with Crippen molar-refractivity contribution in [3.63, 3.8) is 0 Å². The van der Waals surface area contributed by atoms with Gasteiger partial charge in [-0.25, -0.2) is 0 Å². The second-order valence-corrected chi connectivity index (χ2v) is 27.0. The maximum absolute atomic E-state index is 10.2. The van der Waals surface area contributed by atoms with E-state index in [0.29, 0.717) is 32.1 Å². The molecule has 0 aliphatic rings. The Kier molecular flexibility index (Phi) is 157. The lowest BCUT2D eigenvalue weighted by Crippen LogP contribution is -2.15. The van der Waals surface area contributed by atoms with Gasteiger partial charge in [0.15, 0.2) is 0 Å². The van der Waals surface area contributed by atoms with Gasteiger partial charge in [-0.3, -0.25) is 24.0 Å². The fraction of sp³-hybridized carbons (Fsp3) is 0.938. The number of carboxylic acids is 5. The normalized spacial score (nSPS) is 10.2. The molecule has 0 rings (SSSR count). The van der Waals surface area contributed by atoms with Crippen LogP contribution < -0.4 is 0 Å². The highest BCUT2D eigenvalue weighted by Crippen LogP contribution is 2.15. The predicted molar refractivity (Wildman–Crippen MR) is 439 cm³/mol. The van der Waals surface area contributed by atoms with Crippen LogP contribution in [-0.4, -0.2) is 298 Å². The highest BCUT2D eigenvalue weighted by molar-refractivity contribution is 5.67. The second-order valence-electron chi connectivity index (χ2n) is 27.0. The summed E-state index contributed by atoms with van der Waals surface area (Å²) < 4.78 is 0. The van der Waals surface area contributed by atoms with E-state index in [9.17, 15) is 24.0 Å². The predicted octanol–water partition coefficient (Wildman–Crippen LogP) is 8.28. The van der Waals surface area contributed by atoms with E-state index in [-0.39, 0.29) is 92.5 Å². The van der Waals surface area contributed by atoms with Crippen molar-refractivity contribution >= 4 is 29.8 Å². The van der Waals surface area contributed by atoms with E-state index < -0.39 is 72.6 Å². The van der Waals surface area contributed by atoms with Gasteiger partial charge < -0.3 is 133 Å². The Morgan fingerprint density at radius 3 is 0.277 bits per heavy atom. The highest BCUT2D eigenvalue weighted by Gasteiger charge is 2.03. The third-order valence-electron chi connectivity index (χ3n) is 15.4. The molecular weight excluding hydrogens is 1470 g/mol. The zero-order valence-electron chi connectivity index (χ0n) is 70.5. The van der Waals surface area contributed by atoms with Crippen molar-refractivity contribution < 1.29 is 157 Å². The lowest BCUT2D eigenvalue weighted by molar-refractivity contribution is -0.138. The Morgan fingerprint density at radius 1 is 0.152 bits per heavy atom. The molecule has 0 radical (unpaired) electrons. The maximum atomic E-state index is 10.2. The summed E-state index contributed by atoms with van der Waals surface area (Å²) in [6.07, 6.45) is 50.7. The van der Waals surface area contributed by atoms with Crippen LogP contribution in [-0.2, 0) is 24.0 Å². The van der Waals surface area contributed by atoms with Crippen LogP contribution in [0.3, 0.4) is 0 Å². The van der Waals surface area contributed by atoms with Gasteiger partial charge >= 0.3 is 29.8 Å². The number of aliphatic carboxylic acids is 5. The first-order chi connectivity index (χ1) is 53.5. The van der Waals surface area contributed by atoms with E-state index in [4.69, 9.17) is 133 Å². The van der Waals surface area contributed by atoms with Crippen LogP contribution in [0.4, 0.5) is 0 Å². The molecule has 0 heterocycles. The van der Waals surface area contributed by atoms with Gasteiger partial charge in [0.05, 0.1) is 92.5 Å². The first-order valence-electron chi connectivity index (χ1n) is 41.9. The van der Waals surface area contributed by atoms with E-state index in [0.717, 1.165) is 64.2 Å². The summed E-state index contributed by atoms with van der Waals surface area (Å²) in [6, 6.07) is 0. The summed E-state index contributed by atoms with van der Waals surface area (Å²) in [6.45, 7) is 6.04. The van der Waals surface area contributed by atoms with E-state index in [2.05, 4.69) is 34.6 Å². The number of carboxylic acid groups (broad SMARTS) is 5. The summed E-state index contributed by atoms with van der Waals surface area (Å²) in [5.74, 6) is -3.30. The fourth-order valence-corrected chi connectivity index (χ4v) is 8.34. The molecule has 0 atom stereocenters. The van der Waals surface area contributed by atoms with Crippen LogP contribution in [0.15, 0.2) is 0 Å². The fourth-order valence-electron chi connectivity index (χ4n) is 8.34. The number of hydrogen-bond donors (Lipinski definition) is 26. The molecule has 31 heteroatoms. The number of aliphatic hydroxyl groups is 21. The minimum Gasteiger partial charge on any atom is -0.481 e. The van der Waals surface area contributed by atoms with Crippen molar-refractivity contribution in [1.82, 2.24) is 0 Å². The van der Waals surface area contributed by atoms with Crippen LogP contribution in [0.1, 0.15) is 356 Å². The molecule has 0 saturated heterocycles. The third-order valence-corrected chi connectivity index (χ3v) is 15.4. The van der Waals surface area contributed by atoms with Gasteiger partial charge in [-0.05, 0) is 32.1 Å². The van der Waals surface area contributed by atoms with Crippen molar-refractivity contribution in [2.45, 2.75) is 398 Å². The molecule has 0 aliphatic carbocycles. The lowest BCUT2D eigenvalue weighted by Gasteiger charge is -2.00. The highest BCUT2D eigenvalue weighted by atomic mass is 16.4.